The van der Waals surface area contributed by atoms with E-state index < -0.39 is 0 Å². The summed E-state index contributed by atoms with van der Waals surface area (Å²) >= 11 is 0. The van der Waals surface area contributed by atoms with Gasteiger partial charge in [0.1, 0.15) is 5.76 Å². The van der Waals surface area contributed by atoms with Crippen LogP contribution in [0.5, 0.6) is 0 Å². The molecule has 0 bridgehead atoms. The van der Waals surface area contributed by atoms with Crippen molar-refractivity contribution >= 4 is 0 Å². The quantitative estimate of drug-likeness (QED) is 0.919. The molecule has 0 spiro atoms. The number of aromatic nitrogens is 2. The Morgan fingerprint density at radius 1 is 1.33 bits per heavy atom. The number of nitrogens with zero attached hydrogens (tertiary/aromatic N) is 2. The molecule has 0 aliphatic heterocycles. The average molecular weight is 289 g/mol. The lowest BCUT2D eigenvalue weighted by atomic mass is 10.1. The second-order valence-electron chi connectivity index (χ2n) is 5.95. The molecular formula is C16H23N3O2. The summed E-state index contributed by atoms with van der Waals surface area (Å²) in [5.41, 5.74) is 3.50. The molecule has 0 aliphatic rings. The van der Waals surface area contributed by atoms with Gasteiger partial charge in [0.15, 0.2) is 5.43 Å². The van der Waals surface area contributed by atoms with Gasteiger partial charge in [0.2, 0.25) is 0 Å². The van der Waals surface area contributed by atoms with Crippen LogP contribution in [0.1, 0.15) is 48.0 Å². The third kappa shape index (κ3) is 3.61. The summed E-state index contributed by atoms with van der Waals surface area (Å²) in [6.07, 6.45) is 1.77. The summed E-state index contributed by atoms with van der Waals surface area (Å²) in [5.74, 6) is 1.24. The van der Waals surface area contributed by atoms with E-state index in [1.54, 1.807) is 6.20 Å². The molecule has 0 aliphatic carbocycles. The lowest BCUT2D eigenvalue weighted by Gasteiger charge is -2.16. The number of aromatic amines is 1. The van der Waals surface area contributed by atoms with Crippen molar-refractivity contribution in [3.63, 3.8) is 0 Å². The Kier molecular flexibility index (Phi) is 4.63. The Labute approximate surface area is 125 Å². The highest BCUT2D eigenvalue weighted by atomic mass is 16.5. The normalized spacial score (nSPS) is 11.6. The molecule has 1 N–H and O–H groups in total. The largest absolute Gasteiger partial charge is 0.363 e. The van der Waals surface area contributed by atoms with Gasteiger partial charge < -0.3 is 9.51 Å². The number of nitrogens with one attached hydrogen (secondary N) is 1. The molecule has 0 fully saturated rings. The second-order valence-corrected chi connectivity index (χ2v) is 5.95. The van der Waals surface area contributed by atoms with E-state index in [2.05, 4.69) is 28.9 Å². The van der Waals surface area contributed by atoms with E-state index in [-0.39, 0.29) is 5.43 Å². The van der Waals surface area contributed by atoms with Crippen LogP contribution < -0.4 is 5.43 Å². The van der Waals surface area contributed by atoms with Gasteiger partial charge in [-0.3, -0.25) is 9.69 Å². The van der Waals surface area contributed by atoms with Crippen LogP contribution in [0.25, 0.3) is 0 Å². The minimum Gasteiger partial charge on any atom is -0.363 e. The van der Waals surface area contributed by atoms with Gasteiger partial charge in [0.25, 0.3) is 0 Å². The van der Waals surface area contributed by atoms with Crippen LogP contribution >= 0.6 is 0 Å². The van der Waals surface area contributed by atoms with Gasteiger partial charge in [-0.1, -0.05) is 19.0 Å². The first kappa shape index (κ1) is 15.5. The zero-order chi connectivity index (χ0) is 15.6. The summed E-state index contributed by atoms with van der Waals surface area (Å²) < 4.78 is 5.30. The Morgan fingerprint density at radius 2 is 2.05 bits per heavy atom. The first-order valence-corrected chi connectivity index (χ1v) is 7.20. The number of hydrogen-bond donors (Lipinski definition) is 1. The van der Waals surface area contributed by atoms with Gasteiger partial charge in [0, 0.05) is 48.1 Å². The van der Waals surface area contributed by atoms with Gasteiger partial charge >= 0.3 is 0 Å². The molecule has 2 aromatic rings. The highest BCUT2D eigenvalue weighted by Gasteiger charge is 2.12. The van der Waals surface area contributed by atoms with Gasteiger partial charge in [0.05, 0.1) is 5.69 Å². The number of rotatable bonds is 5. The van der Waals surface area contributed by atoms with Gasteiger partial charge in [-0.15, -0.1) is 0 Å². The first-order valence-electron chi connectivity index (χ1n) is 7.20. The van der Waals surface area contributed by atoms with Crippen molar-refractivity contribution < 1.29 is 4.52 Å². The number of pyridine rings is 1. The fraction of sp³-hybridized carbons (Fsp3) is 0.500. The van der Waals surface area contributed by atoms with Crippen molar-refractivity contribution in [3.05, 3.63) is 50.8 Å². The van der Waals surface area contributed by atoms with Crippen LogP contribution in [0.4, 0.5) is 0 Å². The van der Waals surface area contributed by atoms with Crippen molar-refractivity contribution in [2.45, 2.75) is 46.7 Å². The zero-order valence-electron chi connectivity index (χ0n) is 13.4. The summed E-state index contributed by atoms with van der Waals surface area (Å²) in [6.45, 7) is 9.20. The molecule has 114 valence electrons. The molecule has 0 amide bonds. The van der Waals surface area contributed by atoms with E-state index >= 15 is 0 Å². The topological polar surface area (TPSA) is 62.1 Å². The maximum atomic E-state index is 11.9. The second kappa shape index (κ2) is 6.26. The van der Waals surface area contributed by atoms with Crippen molar-refractivity contribution in [3.8, 4) is 0 Å². The van der Waals surface area contributed by atoms with Crippen LogP contribution in [-0.2, 0) is 13.1 Å². The predicted molar refractivity (Wildman–Crippen MR) is 82.3 cm³/mol. The number of H-pyrrole nitrogens is 1. The minimum atomic E-state index is 0.112. The predicted octanol–water partition coefficient (Wildman–Crippen LogP) is 2.74. The van der Waals surface area contributed by atoms with Crippen LogP contribution in [0.3, 0.4) is 0 Å². The van der Waals surface area contributed by atoms with Crippen LogP contribution in [-0.4, -0.2) is 22.1 Å². The molecule has 2 aromatic heterocycles. The van der Waals surface area contributed by atoms with Crippen molar-refractivity contribution in [1.82, 2.24) is 15.0 Å². The van der Waals surface area contributed by atoms with E-state index in [9.17, 15) is 4.79 Å². The van der Waals surface area contributed by atoms with Crippen LogP contribution in [0, 0.1) is 13.8 Å². The molecule has 0 radical (unpaired) electrons. The molecule has 2 rings (SSSR count). The molecule has 0 unspecified atom stereocenters. The molecule has 0 atom stereocenters. The first-order chi connectivity index (χ1) is 9.88. The molecule has 0 aromatic carbocycles. The standard InChI is InChI=1S/C16H23N3O2/c1-10(2)15-6-13(18-21-15)8-19(5)9-14-12(4)16(20)11(3)7-17-14/h6-7,10H,8-9H2,1-5H3,(H,17,20). The fourth-order valence-electron chi connectivity index (χ4n) is 2.24. The third-order valence-corrected chi connectivity index (χ3v) is 3.62. The number of aryl methyl sites for hydroxylation is 1. The van der Waals surface area contributed by atoms with Crippen molar-refractivity contribution in [1.29, 1.82) is 0 Å². The average Bonchev–Trinajstić information content (AvgIpc) is 2.88. The Bertz CT molecular complexity index is 670. The van der Waals surface area contributed by atoms with E-state index in [1.807, 2.05) is 27.0 Å². The summed E-state index contributed by atoms with van der Waals surface area (Å²) in [4.78, 5) is 17.2. The van der Waals surface area contributed by atoms with Gasteiger partial charge in [-0.25, -0.2) is 0 Å². The van der Waals surface area contributed by atoms with E-state index in [4.69, 9.17) is 4.52 Å². The number of hydrogen-bond acceptors (Lipinski definition) is 4. The Morgan fingerprint density at radius 3 is 2.67 bits per heavy atom. The zero-order valence-corrected chi connectivity index (χ0v) is 13.4. The van der Waals surface area contributed by atoms with Crippen LogP contribution in [0.2, 0.25) is 0 Å². The van der Waals surface area contributed by atoms with Gasteiger partial charge in [-0.2, -0.15) is 0 Å². The van der Waals surface area contributed by atoms with E-state index in [0.717, 1.165) is 28.3 Å². The van der Waals surface area contributed by atoms with E-state index in [1.165, 1.54) is 0 Å². The molecule has 2 heterocycles. The molecule has 5 nitrogen and oxygen atoms in total. The molecule has 21 heavy (non-hydrogen) atoms. The smallest absolute Gasteiger partial charge is 0.187 e. The molecule has 5 heteroatoms. The molecule has 0 saturated carbocycles. The third-order valence-electron chi connectivity index (χ3n) is 3.62. The lowest BCUT2D eigenvalue weighted by molar-refractivity contribution is 0.296. The SMILES string of the molecule is Cc1c[nH]c(CN(C)Cc2cc(C(C)C)on2)c(C)c1=O. The maximum Gasteiger partial charge on any atom is 0.187 e. The molecular weight excluding hydrogens is 266 g/mol. The summed E-state index contributed by atoms with van der Waals surface area (Å²) in [6, 6.07) is 1.99. The fourth-order valence-corrected chi connectivity index (χ4v) is 2.24. The molecule has 0 saturated heterocycles. The maximum absolute atomic E-state index is 11.9. The van der Waals surface area contributed by atoms with Crippen LogP contribution in [0.15, 0.2) is 21.6 Å². The van der Waals surface area contributed by atoms with Crippen molar-refractivity contribution in [2.75, 3.05) is 7.05 Å². The Hall–Kier alpha value is -1.88. The summed E-state index contributed by atoms with van der Waals surface area (Å²) in [5, 5.41) is 4.08. The highest BCUT2D eigenvalue weighted by molar-refractivity contribution is 5.23. The highest BCUT2D eigenvalue weighted by Crippen LogP contribution is 2.16. The van der Waals surface area contributed by atoms with E-state index in [0.29, 0.717) is 19.0 Å². The van der Waals surface area contributed by atoms with Crippen molar-refractivity contribution in [2.24, 2.45) is 0 Å². The summed E-state index contributed by atoms with van der Waals surface area (Å²) in [7, 11) is 2.00. The lowest BCUT2D eigenvalue weighted by Crippen LogP contribution is -2.22. The minimum absolute atomic E-state index is 0.112. The monoisotopic (exact) mass is 289 g/mol. The van der Waals surface area contributed by atoms with Gasteiger partial charge in [-0.05, 0) is 20.9 Å². The Balaban J connectivity index is 2.06.